The standard InChI is InChI=1S/C25H23N3O6S/c1-15-21(22(27-34-15)17-7-5-4-6-8-17)23(29)26-11-12-28-24(30)20(35-25(28)31)14-16-9-10-18(32-2)19(13-16)33-3/h4-10,13-14H,11-12H2,1-3H3,(H,26,29). The normalized spacial score (nSPS) is 14.5. The summed E-state index contributed by atoms with van der Waals surface area (Å²) in [7, 11) is 3.06. The number of carbonyl (C=O) groups excluding carboxylic acids is 3. The fourth-order valence-electron chi connectivity index (χ4n) is 3.59. The zero-order chi connectivity index (χ0) is 24.9. The van der Waals surface area contributed by atoms with Gasteiger partial charge in [0.1, 0.15) is 17.0 Å². The van der Waals surface area contributed by atoms with Crippen LogP contribution in [0.2, 0.25) is 0 Å². The molecule has 3 amide bonds. The molecule has 0 unspecified atom stereocenters. The summed E-state index contributed by atoms with van der Waals surface area (Å²) in [6, 6.07) is 14.4. The van der Waals surface area contributed by atoms with Crippen LogP contribution < -0.4 is 14.8 Å². The highest BCUT2D eigenvalue weighted by molar-refractivity contribution is 8.18. The van der Waals surface area contributed by atoms with Crippen LogP contribution in [0.15, 0.2) is 58.0 Å². The predicted octanol–water partition coefficient (Wildman–Crippen LogP) is 4.13. The Morgan fingerprint density at radius 1 is 1.11 bits per heavy atom. The van der Waals surface area contributed by atoms with E-state index in [-0.39, 0.29) is 18.0 Å². The topological polar surface area (TPSA) is 111 Å². The van der Waals surface area contributed by atoms with Crippen molar-refractivity contribution in [3.63, 3.8) is 0 Å². The largest absolute Gasteiger partial charge is 0.493 e. The fourth-order valence-corrected chi connectivity index (χ4v) is 4.45. The second kappa shape index (κ2) is 10.5. The lowest BCUT2D eigenvalue weighted by Gasteiger charge is -2.13. The van der Waals surface area contributed by atoms with Crippen molar-refractivity contribution in [2.45, 2.75) is 6.92 Å². The second-order valence-corrected chi connectivity index (χ2v) is 8.53. The Balaban J connectivity index is 1.41. The van der Waals surface area contributed by atoms with Crippen LogP contribution in [0.4, 0.5) is 4.79 Å². The number of hydrogen-bond donors (Lipinski definition) is 1. The van der Waals surface area contributed by atoms with Crippen LogP contribution >= 0.6 is 11.8 Å². The molecule has 1 aliphatic rings. The number of nitrogens with zero attached hydrogens (tertiary/aromatic N) is 2. The van der Waals surface area contributed by atoms with Crippen molar-refractivity contribution in [3.05, 3.63) is 70.3 Å². The lowest BCUT2D eigenvalue weighted by molar-refractivity contribution is -0.122. The average Bonchev–Trinajstić information content (AvgIpc) is 3.38. The van der Waals surface area contributed by atoms with Gasteiger partial charge in [0.05, 0.1) is 19.1 Å². The van der Waals surface area contributed by atoms with Gasteiger partial charge in [0.2, 0.25) is 0 Å². The van der Waals surface area contributed by atoms with Crippen molar-refractivity contribution in [2.24, 2.45) is 0 Å². The van der Waals surface area contributed by atoms with E-state index < -0.39 is 17.1 Å². The highest BCUT2D eigenvalue weighted by Crippen LogP contribution is 2.34. The van der Waals surface area contributed by atoms with Crippen LogP contribution in [0.25, 0.3) is 17.3 Å². The van der Waals surface area contributed by atoms with E-state index >= 15 is 0 Å². The lowest BCUT2D eigenvalue weighted by atomic mass is 10.1. The van der Waals surface area contributed by atoms with E-state index in [0.717, 1.165) is 22.2 Å². The first kappa shape index (κ1) is 24.1. The number of aryl methyl sites for hydroxylation is 1. The minimum atomic E-state index is -0.421. The Kier molecular flexibility index (Phi) is 7.21. The zero-order valence-electron chi connectivity index (χ0n) is 19.4. The third-order valence-corrected chi connectivity index (χ3v) is 6.24. The van der Waals surface area contributed by atoms with Gasteiger partial charge in [-0.2, -0.15) is 0 Å². The van der Waals surface area contributed by atoms with Gasteiger partial charge in [0, 0.05) is 18.7 Å². The van der Waals surface area contributed by atoms with Crippen molar-refractivity contribution in [1.82, 2.24) is 15.4 Å². The Bertz CT molecular complexity index is 1300. The van der Waals surface area contributed by atoms with Gasteiger partial charge in [0.15, 0.2) is 11.5 Å². The molecule has 180 valence electrons. The zero-order valence-corrected chi connectivity index (χ0v) is 20.2. The number of aromatic nitrogens is 1. The smallest absolute Gasteiger partial charge is 0.293 e. The Morgan fingerprint density at radius 2 is 1.86 bits per heavy atom. The van der Waals surface area contributed by atoms with Gasteiger partial charge >= 0.3 is 0 Å². The minimum absolute atomic E-state index is 0.0324. The van der Waals surface area contributed by atoms with E-state index in [0.29, 0.717) is 34.1 Å². The Labute approximate surface area is 206 Å². The molecule has 0 spiro atoms. The van der Waals surface area contributed by atoms with Gasteiger partial charge in [-0.3, -0.25) is 19.3 Å². The molecule has 1 fully saturated rings. The molecule has 4 rings (SSSR count). The number of hydrogen-bond acceptors (Lipinski definition) is 8. The number of methoxy groups -OCH3 is 2. The number of carbonyl (C=O) groups is 3. The Morgan fingerprint density at radius 3 is 2.57 bits per heavy atom. The number of thioether (sulfide) groups is 1. The van der Waals surface area contributed by atoms with Gasteiger partial charge < -0.3 is 19.3 Å². The first-order valence-electron chi connectivity index (χ1n) is 10.7. The number of rotatable bonds is 8. The Hall–Kier alpha value is -4.05. The molecular formula is C25H23N3O6S. The van der Waals surface area contributed by atoms with Gasteiger partial charge in [-0.1, -0.05) is 41.6 Å². The molecule has 3 aromatic rings. The summed E-state index contributed by atoms with van der Waals surface area (Å²) in [5, 5.41) is 6.36. The van der Waals surface area contributed by atoms with Crippen LogP contribution in [0, 0.1) is 6.92 Å². The maximum absolute atomic E-state index is 12.8. The van der Waals surface area contributed by atoms with Crippen molar-refractivity contribution < 1.29 is 28.4 Å². The quantitative estimate of drug-likeness (QED) is 0.466. The summed E-state index contributed by atoms with van der Waals surface area (Å²) in [6.45, 7) is 1.77. The summed E-state index contributed by atoms with van der Waals surface area (Å²) in [5.41, 5.74) is 2.20. The molecule has 0 bridgehead atoms. The molecule has 1 saturated heterocycles. The van der Waals surface area contributed by atoms with E-state index in [1.54, 1.807) is 31.2 Å². The number of nitrogens with one attached hydrogen (secondary N) is 1. The van der Waals surface area contributed by atoms with E-state index in [9.17, 15) is 14.4 Å². The van der Waals surface area contributed by atoms with Crippen LogP contribution in [-0.4, -0.2) is 54.4 Å². The first-order chi connectivity index (χ1) is 16.9. The molecule has 0 aliphatic carbocycles. The number of amides is 3. The van der Waals surface area contributed by atoms with Gasteiger partial charge in [-0.15, -0.1) is 0 Å². The predicted molar refractivity (Wildman–Crippen MR) is 131 cm³/mol. The van der Waals surface area contributed by atoms with Gasteiger partial charge in [-0.05, 0) is 42.5 Å². The van der Waals surface area contributed by atoms with Gasteiger partial charge in [-0.25, -0.2) is 0 Å². The number of imide groups is 1. The van der Waals surface area contributed by atoms with Crippen LogP contribution in [0.5, 0.6) is 11.5 Å². The van der Waals surface area contributed by atoms with Crippen LogP contribution in [-0.2, 0) is 4.79 Å². The molecule has 2 aromatic carbocycles. The maximum atomic E-state index is 12.8. The summed E-state index contributed by atoms with van der Waals surface area (Å²) in [4.78, 5) is 39.5. The van der Waals surface area contributed by atoms with E-state index in [4.69, 9.17) is 14.0 Å². The monoisotopic (exact) mass is 493 g/mol. The molecular weight excluding hydrogens is 470 g/mol. The minimum Gasteiger partial charge on any atom is -0.493 e. The van der Waals surface area contributed by atoms with Crippen LogP contribution in [0.3, 0.4) is 0 Å². The highest BCUT2D eigenvalue weighted by Gasteiger charge is 2.35. The van der Waals surface area contributed by atoms with Gasteiger partial charge in [0.25, 0.3) is 17.1 Å². The fraction of sp³-hybridized carbons (Fsp3) is 0.200. The second-order valence-electron chi connectivity index (χ2n) is 7.53. The summed E-state index contributed by atoms with van der Waals surface area (Å²) in [5.74, 6) is 0.644. The molecule has 1 aromatic heterocycles. The average molecular weight is 494 g/mol. The summed E-state index contributed by atoms with van der Waals surface area (Å²) in [6.07, 6.45) is 1.62. The summed E-state index contributed by atoms with van der Waals surface area (Å²) >= 11 is 0.848. The highest BCUT2D eigenvalue weighted by atomic mass is 32.2. The molecule has 0 saturated carbocycles. The molecule has 0 atom stereocenters. The first-order valence-corrected chi connectivity index (χ1v) is 11.5. The van der Waals surface area contributed by atoms with Crippen LogP contribution in [0.1, 0.15) is 21.7 Å². The van der Waals surface area contributed by atoms with Crippen molar-refractivity contribution in [1.29, 1.82) is 0 Å². The van der Waals surface area contributed by atoms with Crippen molar-refractivity contribution >= 4 is 34.9 Å². The molecule has 10 heteroatoms. The lowest BCUT2D eigenvalue weighted by Crippen LogP contribution is -2.37. The molecule has 2 heterocycles. The van der Waals surface area contributed by atoms with Crippen molar-refractivity contribution in [2.75, 3.05) is 27.3 Å². The molecule has 9 nitrogen and oxygen atoms in total. The number of ether oxygens (including phenoxy) is 2. The SMILES string of the molecule is COc1ccc(C=C2SC(=O)N(CCNC(=O)c3c(-c4ccccc4)noc3C)C2=O)cc1OC. The third kappa shape index (κ3) is 5.07. The van der Waals surface area contributed by atoms with Crippen molar-refractivity contribution in [3.8, 4) is 22.8 Å². The molecule has 1 aliphatic heterocycles. The third-order valence-electron chi connectivity index (χ3n) is 5.34. The molecule has 1 N–H and O–H groups in total. The molecule has 0 radical (unpaired) electrons. The summed E-state index contributed by atoms with van der Waals surface area (Å²) < 4.78 is 15.7. The number of benzene rings is 2. The molecule has 35 heavy (non-hydrogen) atoms. The maximum Gasteiger partial charge on any atom is 0.293 e. The van der Waals surface area contributed by atoms with E-state index in [1.165, 1.54) is 14.2 Å². The van der Waals surface area contributed by atoms with E-state index in [2.05, 4.69) is 10.5 Å². The van der Waals surface area contributed by atoms with E-state index in [1.807, 2.05) is 30.3 Å².